The fourth-order valence-corrected chi connectivity index (χ4v) is 3.37. The SMILES string of the molecule is NC(COCc1ccccc1)c1csc(Nc2ccc(C(=O)NCCO)cc2)n1. The van der Waals surface area contributed by atoms with Gasteiger partial charge in [-0.05, 0) is 29.8 Å². The summed E-state index contributed by atoms with van der Waals surface area (Å²) >= 11 is 1.46. The van der Waals surface area contributed by atoms with Crippen molar-refractivity contribution in [2.75, 3.05) is 25.1 Å². The number of aliphatic hydroxyl groups is 1. The number of benzene rings is 2. The zero-order chi connectivity index (χ0) is 20.5. The van der Waals surface area contributed by atoms with Crippen LogP contribution in [0.15, 0.2) is 60.0 Å². The number of anilines is 2. The second-order valence-corrected chi connectivity index (χ2v) is 7.22. The molecule has 1 aromatic heterocycles. The van der Waals surface area contributed by atoms with Crippen LogP contribution in [-0.4, -0.2) is 35.8 Å². The molecule has 0 radical (unpaired) electrons. The lowest BCUT2D eigenvalue weighted by molar-refractivity contribution is 0.0945. The van der Waals surface area contributed by atoms with E-state index in [1.807, 2.05) is 35.7 Å². The van der Waals surface area contributed by atoms with Crippen molar-refractivity contribution in [3.63, 3.8) is 0 Å². The number of aliphatic hydroxyl groups excluding tert-OH is 1. The van der Waals surface area contributed by atoms with Crippen LogP contribution in [0.25, 0.3) is 0 Å². The highest BCUT2D eigenvalue weighted by Gasteiger charge is 2.12. The number of carbonyl (C=O) groups excluding carboxylic acids is 1. The first kappa shape index (κ1) is 20.9. The smallest absolute Gasteiger partial charge is 0.251 e. The van der Waals surface area contributed by atoms with Crippen molar-refractivity contribution in [2.24, 2.45) is 5.73 Å². The molecule has 0 aliphatic carbocycles. The third-order valence-electron chi connectivity index (χ3n) is 4.11. The molecule has 7 nitrogen and oxygen atoms in total. The van der Waals surface area contributed by atoms with Crippen molar-refractivity contribution in [3.05, 3.63) is 76.8 Å². The molecule has 1 amide bonds. The molecule has 29 heavy (non-hydrogen) atoms. The Bertz CT molecular complexity index is 900. The zero-order valence-corrected chi connectivity index (χ0v) is 16.7. The van der Waals surface area contributed by atoms with Crippen LogP contribution in [0.2, 0.25) is 0 Å². The molecule has 2 aromatic carbocycles. The molecule has 0 fully saturated rings. The Balaban J connectivity index is 1.49. The first-order valence-electron chi connectivity index (χ1n) is 9.24. The van der Waals surface area contributed by atoms with E-state index in [1.54, 1.807) is 24.3 Å². The quantitative estimate of drug-likeness (QED) is 0.408. The number of ether oxygens (including phenoxy) is 1. The van der Waals surface area contributed by atoms with Crippen LogP contribution in [0.4, 0.5) is 10.8 Å². The van der Waals surface area contributed by atoms with Gasteiger partial charge in [-0.25, -0.2) is 4.98 Å². The van der Waals surface area contributed by atoms with E-state index in [0.29, 0.717) is 18.8 Å². The molecule has 3 aromatic rings. The summed E-state index contributed by atoms with van der Waals surface area (Å²) in [5.41, 5.74) is 9.41. The highest BCUT2D eigenvalue weighted by molar-refractivity contribution is 7.13. The molecule has 3 rings (SSSR count). The standard InChI is InChI=1S/C21H24N4O3S/c22-18(13-28-12-15-4-2-1-3-5-15)19-14-29-21(25-19)24-17-8-6-16(7-9-17)20(27)23-10-11-26/h1-9,14,18,26H,10-13,22H2,(H,23,27)(H,24,25). The predicted molar refractivity (Wildman–Crippen MR) is 114 cm³/mol. The van der Waals surface area contributed by atoms with Crippen LogP contribution in [-0.2, 0) is 11.3 Å². The lowest BCUT2D eigenvalue weighted by Crippen LogP contribution is -2.26. The second kappa shape index (κ2) is 10.7. The van der Waals surface area contributed by atoms with Crippen LogP contribution >= 0.6 is 11.3 Å². The maximum absolute atomic E-state index is 11.8. The highest BCUT2D eigenvalue weighted by atomic mass is 32.1. The molecular formula is C21H24N4O3S. The van der Waals surface area contributed by atoms with Gasteiger partial charge in [0.2, 0.25) is 0 Å². The maximum atomic E-state index is 11.8. The molecule has 0 aliphatic rings. The fourth-order valence-electron chi connectivity index (χ4n) is 2.58. The lowest BCUT2D eigenvalue weighted by Gasteiger charge is -2.10. The van der Waals surface area contributed by atoms with Gasteiger partial charge in [0, 0.05) is 23.2 Å². The summed E-state index contributed by atoms with van der Waals surface area (Å²) < 4.78 is 5.69. The number of rotatable bonds is 10. The third-order valence-corrected chi connectivity index (χ3v) is 4.88. The van der Waals surface area contributed by atoms with E-state index in [-0.39, 0.29) is 25.1 Å². The van der Waals surface area contributed by atoms with Gasteiger partial charge < -0.3 is 26.2 Å². The molecule has 0 saturated carbocycles. The maximum Gasteiger partial charge on any atom is 0.251 e. The number of thiazole rings is 1. The van der Waals surface area contributed by atoms with Gasteiger partial charge in [-0.15, -0.1) is 11.3 Å². The molecule has 0 spiro atoms. The van der Waals surface area contributed by atoms with E-state index in [0.717, 1.165) is 22.1 Å². The number of amides is 1. The highest BCUT2D eigenvalue weighted by Crippen LogP contribution is 2.24. The molecule has 152 valence electrons. The Morgan fingerprint density at radius 2 is 1.93 bits per heavy atom. The number of nitrogens with zero attached hydrogens (tertiary/aromatic N) is 1. The first-order chi connectivity index (χ1) is 14.2. The van der Waals surface area contributed by atoms with Crippen LogP contribution in [0.1, 0.15) is 27.7 Å². The minimum atomic E-state index is -0.303. The summed E-state index contributed by atoms with van der Waals surface area (Å²) in [5.74, 6) is -0.219. The molecule has 1 unspecified atom stereocenters. The molecule has 0 saturated heterocycles. The Morgan fingerprint density at radius 1 is 1.17 bits per heavy atom. The van der Waals surface area contributed by atoms with Crippen molar-refractivity contribution in [1.82, 2.24) is 10.3 Å². The van der Waals surface area contributed by atoms with Gasteiger partial charge in [0.1, 0.15) is 0 Å². The fraction of sp³-hybridized carbons (Fsp3) is 0.238. The van der Waals surface area contributed by atoms with Crippen molar-refractivity contribution >= 4 is 28.1 Å². The lowest BCUT2D eigenvalue weighted by atomic mass is 10.2. The molecule has 8 heteroatoms. The van der Waals surface area contributed by atoms with Crippen molar-refractivity contribution in [2.45, 2.75) is 12.6 Å². The van der Waals surface area contributed by atoms with Crippen molar-refractivity contribution in [3.8, 4) is 0 Å². The van der Waals surface area contributed by atoms with Gasteiger partial charge in [0.05, 0.1) is 31.6 Å². The van der Waals surface area contributed by atoms with E-state index in [4.69, 9.17) is 15.6 Å². The zero-order valence-electron chi connectivity index (χ0n) is 15.9. The first-order valence-corrected chi connectivity index (χ1v) is 10.1. The minimum absolute atomic E-state index is 0.0861. The monoisotopic (exact) mass is 412 g/mol. The molecule has 1 heterocycles. The number of carbonyl (C=O) groups is 1. The second-order valence-electron chi connectivity index (χ2n) is 6.37. The Morgan fingerprint density at radius 3 is 2.66 bits per heavy atom. The largest absolute Gasteiger partial charge is 0.395 e. The van der Waals surface area contributed by atoms with Gasteiger partial charge in [-0.1, -0.05) is 30.3 Å². The van der Waals surface area contributed by atoms with E-state index < -0.39 is 0 Å². The van der Waals surface area contributed by atoms with Gasteiger partial charge >= 0.3 is 0 Å². The van der Waals surface area contributed by atoms with Crippen LogP contribution < -0.4 is 16.4 Å². The van der Waals surface area contributed by atoms with Crippen molar-refractivity contribution in [1.29, 1.82) is 0 Å². The van der Waals surface area contributed by atoms with Gasteiger partial charge in [-0.2, -0.15) is 0 Å². The van der Waals surface area contributed by atoms with Crippen LogP contribution in [0.3, 0.4) is 0 Å². The summed E-state index contributed by atoms with van der Waals surface area (Å²) in [5, 5.41) is 17.2. The molecular weight excluding hydrogens is 388 g/mol. The Hall–Kier alpha value is -2.78. The number of hydrogen-bond acceptors (Lipinski definition) is 7. The third kappa shape index (κ3) is 6.37. The van der Waals surface area contributed by atoms with Gasteiger partial charge in [0.25, 0.3) is 5.91 Å². The molecule has 0 aliphatic heterocycles. The topological polar surface area (TPSA) is 110 Å². The molecule has 1 atom stereocenters. The minimum Gasteiger partial charge on any atom is -0.395 e. The predicted octanol–water partition coefficient (Wildman–Crippen LogP) is 2.83. The number of nitrogens with one attached hydrogen (secondary N) is 2. The summed E-state index contributed by atoms with van der Waals surface area (Å²) in [7, 11) is 0. The average molecular weight is 413 g/mol. The van der Waals surface area contributed by atoms with Crippen LogP contribution in [0.5, 0.6) is 0 Å². The van der Waals surface area contributed by atoms with Gasteiger partial charge in [0.15, 0.2) is 5.13 Å². The van der Waals surface area contributed by atoms with E-state index >= 15 is 0 Å². The number of nitrogens with two attached hydrogens (primary N) is 1. The molecule has 0 bridgehead atoms. The van der Waals surface area contributed by atoms with E-state index in [9.17, 15) is 4.79 Å². The summed E-state index contributed by atoms with van der Waals surface area (Å²) in [4.78, 5) is 16.4. The molecule has 5 N–H and O–H groups in total. The Labute approximate surface area is 173 Å². The van der Waals surface area contributed by atoms with E-state index in [1.165, 1.54) is 11.3 Å². The number of hydrogen-bond donors (Lipinski definition) is 4. The van der Waals surface area contributed by atoms with Crippen molar-refractivity contribution < 1.29 is 14.6 Å². The average Bonchev–Trinajstić information content (AvgIpc) is 3.22. The summed E-state index contributed by atoms with van der Waals surface area (Å²) in [6.07, 6.45) is 0. The summed E-state index contributed by atoms with van der Waals surface area (Å²) in [6.45, 7) is 1.05. The van der Waals surface area contributed by atoms with Gasteiger partial charge in [-0.3, -0.25) is 4.79 Å². The normalized spacial score (nSPS) is 11.8. The van der Waals surface area contributed by atoms with E-state index in [2.05, 4.69) is 15.6 Å². The summed E-state index contributed by atoms with van der Waals surface area (Å²) in [6, 6.07) is 16.7. The number of aromatic nitrogens is 1. The Kier molecular flexibility index (Phi) is 7.71. The van der Waals surface area contributed by atoms with Crippen LogP contribution in [0, 0.1) is 0 Å².